The second-order valence-electron chi connectivity index (χ2n) is 9.53. The molecule has 0 saturated heterocycles. The van der Waals surface area contributed by atoms with Gasteiger partial charge in [0.15, 0.2) is 5.78 Å². The van der Waals surface area contributed by atoms with E-state index in [-0.39, 0.29) is 16.9 Å². The summed E-state index contributed by atoms with van der Waals surface area (Å²) in [4.78, 5) is 12.2. The van der Waals surface area contributed by atoms with Crippen LogP contribution in [0.2, 0.25) is 0 Å². The van der Waals surface area contributed by atoms with Gasteiger partial charge < -0.3 is 5.11 Å². The average molecular weight is 379 g/mol. The number of halogens is 1. The summed E-state index contributed by atoms with van der Waals surface area (Å²) >= 11 is 3.64. The first-order chi connectivity index (χ1) is 10.8. The molecule has 0 bridgehead atoms. The van der Waals surface area contributed by atoms with Gasteiger partial charge in [0, 0.05) is 6.42 Å². The average Bonchev–Trinajstić information content (AvgIpc) is 3.17. The number of Topliss-reactive ketones (excluding diaryl/α,β-unsaturated/α-hetero) is 1. The molecule has 23 heavy (non-hydrogen) atoms. The lowest BCUT2D eigenvalue weighted by Crippen LogP contribution is -2.53. The van der Waals surface area contributed by atoms with E-state index in [2.05, 4.69) is 29.8 Å². The van der Waals surface area contributed by atoms with E-state index in [1.54, 1.807) is 0 Å². The lowest BCUT2D eigenvalue weighted by Gasteiger charge is -2.59. The Labute approximate surface area is 147 Å². The lowest BCUT2D eigenvalue weighted by molar-refractivity contribution is -0.120. The van der Waals surface area contributed by atoms with E-state index in [4.69, 9.17) is 0 Å². The lowest BCUT2D eigenvalue weighted by atomic mass is 9.45. The summed E-state index contributed by atoms with van der Waals surface area (Å²) < 4.78 is 0.911. The summed E-state index contributed by atoms with van der Waals surface area (Å²) in [5.41, 5.74) is 2.23. The highest BCUT2D eigenvalue weighted by Gasteiger charge is 2.77. The topological polar surface area (TPSA) is 37.3 Å². The van der Waals surface area contributed by atoms with E-state index < -0.39 is 0 Å². The van der Waals surface area contributed by atoms with E-state index in [0.29, 0.717) is 17.6 Å². The number of hydrogen-bond acceptors (Lipinski definition) is 2. The van der Waals surface area contributed by atoms with Crippen molar-refractivity contribution in [2.45, 2.75) is 71.3 Å². The second-order valence-corrected chi connectivity index (χ2v) is 10.3. The Kier molecular flexibility index (Phi) is 2.85. The highest BCUT2D eigenvalue weighted by Crippen LogP contribution is 2.82. The van der Waals surface area contributed by atoms with Crippen molar-refractivity contribution in [2.24, 2.45) is 34.0 Å². The van der Waals surface area contributed by atoms with Crippen molar-refractivity contribution in [3.05, 3.63) is 10.1 Å². The molecule has 0 amide bonds. The molecule has 5 rings (SSSR count). The number of carbonyl (C=O) groups is 1. The van der Waals surface area contributed by atoms with Gasteiger partial charge in [0.1, 0.15) is 0 Å². The fourth-order valence-corrected chi connectivity index (χ4v) is 8.70. The number of aliphatic hydroxyl groups is 1. The molecule has 0 aromatic carbocycles. The zero-order valence-corrected chi connectivity index (χ0v) is 15.8. The molecule has 0 radical (unpaired) electrons. The molecule has 0 aromatic heterocycles. The van der Waals surface area contributed by atoms with Crippen LogP contribution in [0.15, 0.2) is 10.1 Å². The van der Waals surface area contributed by atoms with E-state index in [0.717, 1.165) is 41.5 Å². The number of ketones is 1. The number of carbonyl (C=O) groups excluding carboxylic acids is 1. The van der Waals surface area contributed by atoms with Crippen LogP contribution < -0.4 is 0 Å². The van der Waals surface area contributed by atoms with Crippen LogP contribution in [0.25, 0.3) is 0 Å². The Balaban J connectivity index is 1.59. The first kappa shape index (κ1) is 15.1. The standard InChI is InChI=1S/C20H27BrO2/c1-18-7-6-15(22)17(21)14(18)4-3-13-12(18)5-8-19(2)16(23)9-11-10-20(11,13)19/h11-13,16,23H,3-10H2,1-2H3/t11-,12?,13?,16-,18-,19-,20+/m1/s1. The molecule has 0 aliphatic heterocycles. The quantitative estimate of drug-likeness (QED) is 0.668. The largest absolute Gasteiger partial charge is 0.393 e. The summed E-state index contributed by atoms with van der Waals surface area (Å²) in [6, 6.07) is 0. The highest BCUT2D eigenvalue weighted by molar-refractivity contribution is 9.12. The fourth-order valence-electron chi connectivity index (χ4n) is 7.85. The van der Waals surface area contributed by atoms with Crippen molar-refractivity contribution in [1.82, 2.24) is 0 Å². The maximum Gasteiger partial charge on any atom is 0.169 e. The molecule has 0 aromatic rings. The van der Waals surface area contributed by atoms with Crippen LogP contribution in [0.3, 0.4) is 0 Å². The second kappa shape index (κ2) is 4.33. The van der Waals surface area contributed by atoms with Gasteiger partial charge in [0.25, 0.3) is 0 Å². The first-order valence-corrected chi connectivity index (χ1v) is 10.2. The Morgan fingerprint density at radius 3 is 2.70 bits per heavy atom. The van der Waals surface area contributed by atoms with Gasteiger partial charge in [-0.1, -0.05) is 13.8 Å². The van der Waals surface area contributed by atoms with E-state index in [1.165, 1.54) is 31.3 Å². The molecule has 126 valence electrons. The van der Waals surface area contributed by atoms with Crippen molar-refractivity contribution in [1.29, 1.82) is 0 Å². The molecule has 4 saturated carbocycles. The predicted molar refractivity (Wildman–Crippen MR) is 93.0 cm³/mol. The molecule has 5 aliphatic rings. The normalized spacial score (nSPS) is 57.5. The maximum absolute atomic E-state index is 12.2. The minimum atomic E-state index is -0.0772. The maximum atomic E-state index is 12.2. The summed E-state index contributed by atoms with van der Waals surface area (Å²) in [6.45, 7) is 4.82. The molecule has 1 N–H and O–H groups in total. The number of aliphatic hydroxyl groups excluding tert-OH is 1. The van der Waals surface area contributed by atoms with E-state index >= 15 is 0 Å². The zero-order chi connectivity index (χ0) is 16.2. The smallest absolute Gasteiger partial charge is 0.169 e. The third-order valence-corrected chi connectivity index (χ3v) is 10.1. The SMILES string of the molecule is C[C@]12CCC(=O)C(Br)=C1CCC1C2CC[C@]2(C)[C@H](O)C[C@@H]3C[C@@]132. The van der Waals surface area contributed by atoms with Gasteiger partial charge in [-0.25, -0.2) is 0 Å². The first-order valence-electron chi connectivity index (χ1n) is 9.45. The molecule has 5 aliphatic carbocycles. The van der Waals surface area contributed by atoms with Gasteiger partial charge in [-0.3, -0.25) is 4.79 Å². The Bertz CT molecular complexity index is 640. The van der Waals surface area contributed by atoms with Crippen LogP contribution in [0.4, 0.5) is 0 Å². The molecular weight excluding hydrogens is 352 g/mol. The van der Waals surface area contributed by atoms with Crippen LogP contribution in [-0.2, 0) is 4.79 Å². The minimum absolute atomic E-state index is 0.0772. The van der Waals surface area contributed by atoms with Crippen molar-refractivity contribution < 1.29 is 9.90 Å². The van der Waals surface area contributed by atoms with Crippen molar-refractivity contribution in [3.8, 4) is 0 Å². The highest BCUT2D eigenvalue weighted by atomic mass is 79.9. The number of fused-ring (bicyclic) bond motifs is 3. The monoisotopic (exact) mass is 378 g/mol. The number of hydrogen-bond donors (Lipinski definition) is 1. The predicted octanol–water partition coefficient (Wildman–Crippen LogP) is 4.60. The fraction of sp³-hybridized carbons (Fsp3) is 0.850. The molecule has 3 heteroatoms. The summed E-state index contributed by atoms with van der Waals surface area (Å²) in [5, 5.41) is 10.7. The zero-order valence-electron chi connectivity index (χ0n) is 14.2. The summed E-state index contributed by atoms with van der Waals surface area (Å²) in [5.74, 6) is 2.58. The third kappa shape index (κ3) is 1.54. The molecule has 2 nitrogen and oxygen atoms in total. The van der Waals surface area contributed by atoms with Gasteiger partial charge in [0.2, 0.25) is 0 Å². The van der Waals surface area contributed by atoms with E-state index in [1.807, 2.05) is 0 Å². The van der Waals surface area contributed by atoms with Crippen molar-refractivity contribution in [2.75, 3.05) is 0 Å². The molecule has 2 unspecified atom stereocenters. The van der Waals surface area contributed by atoms with Crippen molar-refractivity contribution >= 4 is 21.7 Å². The third-order valence-electron chi connectivity index (χ3n) is 9.18. The Morgan fingerprint density at radius 1 is 1.13 bits per heavy atom. The van der Waals surface area contributed by atoms with Crippen LogP contribution in [-0.4, -0.2) is 17.0 Å². The minimum Gasteiger partial charge on any atom is -0.393 e. The molecular formula is C20H27BrO2. The number of allylic oxidation sites excluding steroid dienone is 1. The molecule has 4 fully saturated rings. The van der Waals surface area contributed by atoms with Gasteiger partial charge in [-0.05, 0) is 100 Å². The van der Waals surface area contributed by atoms with Crippen LogP contribution in [0.5, 0.6) is 0 Å². The van der Waals surface area contributed by atoms with Crippen LogP contribution in [0, 0.1) is 34.0 Å². The Morgan fingerprint density at radius 2 is 1.91 bits per heavy atom. The molecule has 0 heterocycles. The van der Waals surface area contributed by atoms with Gasteiger partial charge in [0.05, 0.1) is 10.6 Å². The molecule has 1 spiro atoms. The van der Waals surface area contributed by atoms with Crippen LogP contribution >= 0.6 is 15.9 Å². The Hall–Kier alpha value is -0.150. The summed E-state index contributed by atoms with van der Waals surface area (Å²) in [7, 11) is 0. The van der Waals surface area contributed by atoms with Crippen LogP contribution in [0.1, 0.15) is 65.2 Å². The van der Waals surface area contributed by atoms with Gasteiger partial charge in [-0.15, -0.1) is 0 Å². The molecule has 7 atom stereocenters. The number of rotatable bonds is 0. The van der Waals surface area contributed by atoms with E-state index in [9.17, 15) is 9.90 Å². The van der Waals surface area contributed by atoms with Crippen molar-refractivity contribution in [3.63, 3.8) is 0 Å². The van der Waals surface area contributed by atoms with Gasteiger partial charge in [-0.2, -0.15) is 0 Å². The summed E-state index contributed by atoms with van der Waals surface area (Å²) in [6.07, 6.45) is 8.81. The van der Waals surface area contributed by atoms with Gasteiger partial charge >= 0.3 is 0 Å².